The zero-order valence-corrected chi connectivity index (χ0v) is 15.6. The normalized spacial score (nSPS) is 21.0. The quantitative estimate of drug-likeness (QED) is 0.256. The van der Waals surface area contributed by atoms with E-state index < -0.39 is 23.7 Å². The number of aryl methyl sites for hydroxylation is 1. The van der Waals surface area contributed by atoms with Gasteiger partial charge in [-0.15, -0.1) is 13.2 Å². The average molecular weight is 390 g/mol. The van der Waals surface area contributed by atoms with Gasteiger partial charge in [0.05, 0.1) is 0 Å². The van der Waals surface area contributed by atoms with E-state index in [-0.39, 0.29) is 0 Å². The van der Waals surface area contributed by atoms with Crippen molar-refractivity contribution in [1.29, 1.82) is 0 Å². The predicted octanol–water partition coefficient (Wildman–Crippen LogP) is 7.35. The first-order valence-electron chi connectivity index (χ1n) is 9.63. The summed E-state index contributed by atoms with van der Waals surface area (Å²) in [6.45, 7) is 2.03. The highest BCUT2D eigenvalue weighted by molar-refractivity contribution is 5.31. The van der Waals surface area contributed by atoms with Crippen molar-refractivity contribution in [1.82, 2.24) is 0 Å². The molecule has 1 aliphatic carbocycles. The maximum atomic E-state index is 13.8. The molecule has 0 bridgehead atoms. The van der Waals surface area contributed by atoms with Crippen molar-refractivity contribution in [2.75, 3.05) is 0 Å². The van der Waals surface area contributed by atoms with E-state index in [1.807, 2.05) is 6.92 Å². The van der Waals surface area contributed by atoms with E-state index in [0.717, 1.165) is 43.7 Å². The Labute approximate surface area is 157 Å². The molecular formula is C21H27F5O. The molecular weight excluding hydrogens is 363 g/mol. The van der Waals surface area contributed by atoms with Crippen LogP contribution in [0, 0.1) is 23.5 Å². The molecule has 6 heteroatoms. The number of unbranched alkanes of at least 4 members (excludes halogenated alkanes) is 1. The second-order valence-electron chi connectivity index (χ2n) is 7.36. The number of halogens is 5. The minimum Gasteiger partial charge on any atom is -0.399 e. The fraction of sp³-hybridized carbons (Fsp3) is 0.619. The Morgan fingerprint density at radius 1 is 1.00 bits per heavy atom. The molecule has 0 N–H and O–H groups in total. The molecule has 0 amide bonds. The van der Waals surface area contributed by atoms with Crippen LogP contribution in [0.1, 0.15) is 63.9 Å². The Morgan fingerprint density at radius 2 is 1.56 bits per heavy atom. The lowest BCUT2D eigenvalue weighted by molar-refractivity contribution is -0.276. The van der Waals surface area contributed by atoms with Crippen LogP contribution in [0.3, 0.4) is 0 Å². The summed E-state index contributed by atoms with van der Waals surface area (Å²) < 4.78 is 67.5. The molecule has 2 rings (SSSR count). The molecule has 0 spiro atoms. The first-order chi connectivity index (χ1) is 12.8. The molecule has 0 saturated heterocycles. The molecule has 0 heterocycles. The van der Waals surface area contributed by atoms with Crippen LogP contribution in [-0.4, -0.2) is 6.36 Å². The van der Waals surface area contributed by atoms with E-state index in [2.05, 4.69) is 16.9 Å². The van der Waals surface area contributed by atoms with Gasteiger partial charge in [0.1, 0.15) is 0 Å². The number of allylic oxidation sites excluding steroid dienone is 2. The minimum atomic E-state index is -5.12. The standard InChI is InChI=1S/C21H27F5O/c1-2-3-4-5-6-15-7-9-16(10-8-15)11-12-17-13-18(22)20(19(23)14-17)27-21(24,25)26/h2-3,13-16H,4-12H2,1H3/b3-2+/t15-,16-. The summed E-state index contributed by atoms with van der Waals surface area (Å²) >= 11 is 0. The first-order valence-corrected chi connectivity index (χ1v) is 9.63. The zero-order valence-electron chi connectivity index (χ0n) is 15.6. The molecule has 1 aromatic carbocycles. The maximum absolute atomic E-state index is 13.8. The van der Waals surface area contributed by atoms with Gasteiger partial charge in [-0.1, -0.05) is 44.3 Å². The van der Waals surface area contributed by atoms with E-state index in [1.165, 1.54) is 25.7 Å². The number of benzene rings is 1. The Balaban J connectivity index is 1.79. The van der Waals surface area contributed by atoms with Gasteiger partial charge >= 0.3 is 6.36 Å². The summed E-state index contributed by atoms with van der Waals surface area (Å²) in [6.07, 6.45) is 8.56. The monoisotopic (exact) mass is 390 g/mol. The van der Waals surface area contributed by atoms with E-state index in [9.17, 15) is 22.0 Å². The molecule has 0 aromatic heterocycles. The highest BCUT2D eigenvalue weighted by atomic mass is 19.4. The predicted molar refractivity (Wildman–Crippen MR) is 95.5 cm³/mol. The molecule has 1 fully saturated rings. The van der Waals surface area contributed by atoms with Crippen LogP contribution in [-0.2, 0) is 6.42 Å². The molecule has 0 atom stereocenters. The van der Waals surface area contributed by atoms with Crippen molar-refractivity contribution in [3.05, 3.63) is 41.5 Å². The molecule has 1 nitrogen and oxygen atoms in total. The van der Waals surface area contributed by atoms with Crippen molar-refractivity contribution in [2.45, 2.75) is 71.1 Å². The van der Waals surface area contributed by atoms with E-state index >= 15 is 0 Å². The van der Waals surface area contributed by atoms with Gasteiger partial charge < -0.3 is 4.74 Å². The van der Waals surface area contributed by atoms with Crippen LogP contribution in [0.4, 0.5) is 22.0 Å². The highest BCUT2D eigenvalue weighted by Gasteiger charge is 2.34. The average Bonchev–Trinajstić information content (AvgIpc) is 2.60. The van der Waals surface area contributed by atoms with Crippen LogP contribution in [0.5, 0.6) is 5.75 Å². The van der Waals surface area contributed by atoms with Crippen molar-refractivity contribution >= 4 is 0 Å². The summed E-state index contributed by atoms with van der Waals surface area (Å²) in [5.41, 5.74) is 0.369. The summed E-state index contributed by atoms with van der Waals surface area (Å²) in [7, 11) is 0. The van der Waals surface area contributed by atoms with Crippen molar-refractivity contribution < 1.29 is 26.7 Å². The van der Waals surface area contributed by atoms with Gasteiger partial charge in [-0.2, -0.15) is 0 Å². The van der Waals surface area contributed by atoms with E-state index in [1.54, 1.807) is 0 Å². The fourth-order valence-corrected chi connectivity index (χ4v) is 3.84. The Bertz CT molecular complexity index is 592. The van der Waals surface area contributed by atoms with Crippen LogP contribution >= 0.6 is 0 Å². The second-order valence-corrected chi connectivity index (χ2v) is 7.36. The molecule has 1 aromatic rings. The molecule has 1 saturated carbocycles. The third-order valence-electron chi connectivity index (χ3n) is 5.30. The third kappa shape index (κ3) is 7.51. The van der Waals surface area contributed by atoms with Gasteiger partial charge in [0.15, 0.2) is 11.6 Å². The summed E-state index contributed by atoms with van der Waals surface area (Å²) in [6, 6.07) is 1.88. The Kier molecular flexibility index (Phi) is 8.11. The van der Waals surface area contributed by atoms with Crippen LogP contribution in [0.25, 0.3) is 0 Å². The van der Waals surface area contributed by atoms with Crippen molar-refractivity contribution in [3.8, 4) is 5.75 Å². The smallest absolute Gasteiger partial charge is 0.399 e. The number of hydrogen-bond acceptors (Lipinski definition) is 1. The molecule has 27 heavy (non-hydrogen) atoms. The summed E-state index contributed by atoms with van der Waals surface area (Å²) in [5, 5.41) is 0. The Hall–Kier alpha value is -1.59. The lowest BCUT2D eigenvalue weighted by Crippen LogP contribution is -2.19. The molecule has 1 aliphatic rings. The summed E-state index contributed by atoms with van der Waals surface area (Å²) in [4.78, 5) is 0. The lowest BCUT2D eigenvalue weighted by atomic mass is 9.78. The molecule has 0 radical (unpaired) electrons. The van der Waals surface area contributed by atoms with Gasteiger partial charge in [-0.3, -0.25) is 0 Å². The van der Waals surface area contributed by atoms with Gasteiger partial charge in [0, 0.05) is 0 Å². The lowest BCUT2D eigenvalue weighted by Gasteiger charge is -2.28. The van der Waals surface area contributed by atoms with Crippen LogP contribution < -0.4 is 4.74 Å². The first kappa shape index (κ1) is 21.7. The minimum absolute atomic E-state index is 0.369. The number of ether oxygens (including phenoxy) is 1. The molecule has 152 valence electrons. The van der Waals surface area contributed by atoms with Gasteiger partial charge in [-0.05, 0) is 62.1 Å². The van der Waals surface area contributed by atoms with Crippen LogP contribution in [0.2, 0.25) is 0 Å². The van der Waals surface area contributed by atoms with Crippen molar-refractivity contribution in [3.63, 3.8) is 0 Å². The van der Waals surface area contributed by atoms with Gasteiger partial charge in [0.2, 0.25) is 5.75 Å². The zero-order chi connectivity index (χ0) is 19.9. The van der Waals surface area contributed by atoms with E-state index in [4.69, 9.17) is 0 Å². The largest absolute Gasteiger partial charge is 0.573 e. The van der Waals surface area contributed by atoms with Crippen LogP contribution in [0.15, 0.2) is 24.3 Å². The fourth-order valence-electron chi connectivity index (χ4n) is 3.84. The van der Waals surface area contributed by atoms with Gasteiger partial charge in [-0.25, -0.2) is 8.78 Å². The Morgan fingerprint density at radius 3 is 2.07 bits per heavy atom. The SMILES string of the molecule is C/C=C/CCC[C@H]1CC[C@H](CCc2cc(F)c(OC(F)(F)F)c(F)c2)CC1. The topological polar surface area (TPSA) is 9.23 Å². The second kappa shape index (κ2) is 10.1. The van der Waals surface area contributed by atoms with E-state index in [0.29, 0.717) is 17.9 Å². The number of alkyl halides is 3. The molecule has 0 unspecified atom stereocenters. The third-order valence-corrected chi connectivity index (χ3v) is 5.30. The van der Waals surface area contributed by atoms with Gasteiger partial charge in [0.25, 0.3) is 0 Å². The summed E-state index contributed by atoms with van der Waals surface area (Å²) in [5.74, 6) is -2.74. The highest BCUT2D eigenvalue weighted by Crippen LogP contribution is 2.35. The number of hydrogen-bond donors (Lipinski definition) is 0. The maximum Gasteiger partial charge on any atom is 0.573 e. The van der Waals surface area contributed by atoms with Crippen molar-refractivity contribution in [2.24, 2.45) is 11.8 Å². The number of rotatable bonds is 8. The molecule has 0 aliphatic heterocycles.